The van der Waals surface area contributed by atoms with E-state index in [-0.39, 0.29) is 0 Å². The monoisotopic (exact) mass is 305 g/mol. The highest BCUT2D eigenvalue weighted by Gasteiger charge is 2.16. The van der Waals surface area contributed by atoms with Crippen LogP contribution < -0.4 is 10.0 Å². The zero-order valence-electron chi connectivity index (χ0n) is 11.7. The molecule has 0 saturated heterocycles. The highest BCUT2D eigenvalue weighted by molar-refractivity contribution is 7.87. The minimum Gasteiger partial charge on any atom is -0.314 e. The summed E-state index contributed by atoms with van der Waals surface area (Å²) in [5.41, 5.74) is 0.989. The lowest BCUT2D eigenvalue weighted by molar-refractivity contribution is 0.439. The fraction of sp³-hybridized carbons (Fsp3) is 0.667. The number of thiophene rings is 1. The van der Waals surface area contributed by atoms with Gasteiger partial charge in [-0.3, -0.25) is 0 Å². The molecule has 5 nitrogen and oxygen atoms in total. The maximum atomic E-state index is 12.0. The Balaban J connectivity index is 2.30. The van der Waals surface area contributed by atoms with Crippen LogP contribution in [0.5, 0.6) is 0 Å². The molecular formula is C12H23N3O2S2. The molecule has 19 heavy (non-hydrogen) atoms. The van der Waals surface area contributed by atoms with Crippen LogP contribution >= 0.6 is 11.3 Å². The quantitative estimate of drug-likeness (QED) is 0.678. The second-order valence-corrected chi connectivity index (χ2v) is 7.38. The second kappa shape index (κ2) is 7.96. The molecule has 110 valence electrons. The van der Waals surface area contributed by atoms with Crippen molar-refractivity contribution in [1.29, 1.82) is 0 Å². The minimum absolute atomic E-state index is 0.348. The van der Waals surface area contributed by atoms with Gasteiger partial charge in [-0.15, -0.1) is 0 Å². The first kappa shape index (κ1) is 16.6. The van der Waals surface area contributed by atoms with E-state index in [1.807, 2.05) is 16.8 Å². The summed E-state index contributed by atoms with van der Waals surface area (Å²) in [4.78, 5) is 0. The molecule has 0 bridgehead atoms. The van der Waals surface area contributed by atoms with Crippen molar-refractivity contribution < 1.29 is 8.42 Å². The molecule has 0 spiro atoms. The summed E-state index contributed by atoms with van der Waals surface area (Å²) in [6, 6.07) is 2.35. The number of hydrogen-bond acceptors (Lipinski definition) is 4. The van der Waals surface area contributed by atoms with Crippen molar-refractivity contribution in [3.05, 3.63) is 22.4 Å². The van der Waals surface area contributed by atoms with Crippen LogP contribution in [0, 0.1) is 0 Å². The first-order valence-corrected chi connectivity index (χ1v) is 8.75. The Morgan fingerprint density at radius 1 is 1.42 bits per heavy atom. The molecule has 0 unspecified atom stereocenters. The number of rotatable bonds is 9. The third-order valence-corrected chi connectivity index (χ3v) is 4.90. The van der Waals surface area contributed by atoms with Gasteiger partial charge in [0.05, 0.1) is 0 Å². The van der Waals surface area contributed by atoms with Crippen LogP contribution in [0.3, 0.4) is 0 Å². The third kappa shape index (κ3) is 6.49. The van der Waals surface area contributed by atoms with Gasteiger partial charge in [-0.25, -0.2) is 0 Å². The van der Waals surface area contributed by atoms with Crippen LogP contribution in [-0.2, 0) is 16.8 Å². The molecule has 0 radical (unpaired) electrons. The van der Waals surface area contributed by atoms with Crippen molar-refractivity contribution in [3.63, 3.8) is 0 Å². The largest absolute Gasteiger partial charge is 0.314 e. The van der Waals surface area contributed by atoms with E-state index >= 15 is 0 Å². The average molecular weight is 305 g/mol. The zero-order valence-corrected chi connectivity index (χ0v) is 13.4. The SMILES string of the molecule is CC(C)NCCCN(C)S(=O)(=O)NCc1ccsc1. The fourth-order valence-electron chi connectivity index (χ4n) is 1.49. The Labute approximate surface area is 120 Å². The van der Waals surface area contributed by atoms with Crippen molar-refractivity contribution in [2.45, 2.75) is 32.9 Å². The lowest BCUT2D eigenvalue weighted by atomic mass is 10.3. The van der Waals surface area contributed by atoms with Crippen LogP contribution in [0.2, 0.25) is 0 Å². The number of nitrogens with one attached hydrogen (secondary N) is 2. The summed E-state index contributed by atoms with van der Waals surface area (Å²) >= 11 is 1.56. The Kier molecular flexibility index (Phi) is 6.95. The first-order valence-electron chi connectivity index (χ1n) is 6.37. The highest BCUT2D eigenvalue weighted by atomic mass is 32.2. The summed E-state index contributed by atoms with van der Waals surface area (Å²) in [5, 5.41) is 7.14. The summed E-state index contributed by atoms with van der Waals surface area (Å²) in [5.74, 6) is 0. The van der Waals surface area contributed by atoms with Crippen molar-refractivity contribution >= 4 is 21.5 Å². The summed E-state index contributed by atoms with van der Waals surface area (Å²) in [6.07, 6.45) is 0.800. The average Bonchev–Trinajstić information content (AvgIpc) is 2.84. The normalized spacial score (nSPS) is 12.5. The molecule has 1 aromatic heterocycles. The van der Waals surface area contributed by atoms with E-state index in [0.717, 1.165) is 18.5 Å². The molecular weight excluding hydrogens is 282 g/mol. The lowest BCUT2D eigenvalue weighted by Gasteiger charge is -2.18. The van der Waals surface area contributed by atoms with E-state index in [1.165, 1.54) is 4.31 Å². The summed E-state index contributed by atoms with van der Waals surface area (Å²) in [6.45, 7) is 5.83. The molecule has 1 rings (SSSR count). The highest BCUT2D eigenvalue weighted by Crippen LogP contribution is 2.06. The molecule has 0 saturated carbocycles. The molecule has 1 aromatic rings. The van der Waals surface area contributed by atoms with E-state index in [2.05, 4.69) is 23.9 Å². The summed E-state index contributed by atoms with van der Waals surface area (Å²) < 4.78 is 27.9. The molecule has 0 aliphatic heterocycles. The molecule has 7 heteroatoms. The maximum Gasteiger partial charge on any atom is 0.279 e. The lowest BCUT2D eigenvalue weighted by Crippen LogP contribution is -2.39. The van der Waals surface area contributed by atoms with Crippen molar-refractivity contribution in [2.24, 2.45) is 0 Å². The molecule has 0 aromatic carbocycles. The second-order valence-electron chi connectivity index (χ2n) is 4.74. The van der Waals surface area contributed by atoms with E-state index in [4.69, 9.17) is 0 Å². The van der Waals surface area contributed by atoms with E-state index in [0.29, 0.717) is 19.1 Å². The Morgan fingerprint density at radius 3 is 2.74 bits per heavy atom. The predicted octanol–water partition coefficient (Wildman–Crippen LogP) is 1.40. The molecule has 0 aliphatic carbocycles. The summed E-state index contributed by atoms with van der Waals surface area (Å²) in [7, 11) is -1.77. The molecule has 0 fully saturated rings. The number of hydrogen-bond donors (Lipinski definition) is 2. The number of nitrogens with zero attached hydrogens (tertiary/aromatic N) is 1. The predicted molar refractivity (Wildman–Crippen MR) is 80.5 cm³/mol. The van der Waals surface area contributed by atoms with E-state index in [1.54, 1.807) is 18.4 Å². The van der Waals surface area contributed by atoms with Gasteiger partial charge in [-0.2, -0.15) is 28.8 Å². The van der Waals surface area contributed by atoms with Gasteiger partial charge >= 0.3 is 0 Å². The van der Waals surface area contributed by atoms with Gasteiger partial charge in [0.2, 0.25) is 0 Å². The van der Waals surface area contributed by atoms with E-state index < -0.39 is 10.2 Å². The molecule has 0 amide bonds. The van der Waals surface area contributed by atoms with Crippen LogP contribution in [0.15, 0.2) is 16.8 Å². The van der Waals surface area contributed by atoms with Gasteiger partial charge in [0.1, 0.15) is 0 Å². The smallest absolute Gasteiger partial charge is 0.279 e. The molecule has 0 aliphatic rings. The third-order valence-electron chi connectivity index (χ3n) is 2.65. The maximum absolute atomic E-state index is 12.0. The van der Waals surface area contributed by atoms with Gasteiger partial charge in [0.25, 0.3) is 10.2 Å². The molecule has 1 heterocycles. The van der Waals surface area contributed by atoms with Gasteiger partial charge in [-0.1, -0.05) is 13.8 Å². The molecule has 0 atom stereocenters. The Hall–Kier alpha value is -0.470. The van der Waals surface area contributed by atoms with Crippen LogP contribution in [0.4, 0.5) is 0 Å². The Bertz CT molecular complexity index is 444. The van der Waals surface area contributed by atoms with Crippen LogP contribution in [0.25, 0.3) is 0 Å². The van der Waals surface area contributed by atoms with Crippen LogP contribution in [0.1, 0.15) is 25.8 Å². The standard InChI is InChI=1S/C12H23N3O2S2/c1-11(2)13-6-4-7-15(3)19(16,17)14-9-12-5-8-18-10-12/h5,8,10-11,13-14H,4,6-7,9H2,1-3H3. The van der Waals surface area contributed by atoms with Gasteiger partial charge in [-0.05, 0) is 35.4 Å². The first-order chi connectivity index (χ1) is 8.92. The van der Waals surface area contributed by atoms with Crippen molar-refractivity contribution in [3.8, 4) is 0 Å². The van der Waals surface area contributed by atoms with Gasteiger partial charge < -0.3 is 5.32 Å². The van der Waals surface area contributed by atoms with Crippen LogP contribution in [-0.4, -0.2) is 38.9 Å². The van der Waals surface area contributed by atoms with Gasteiger partial charge in [0.15, 0.2) is 0 Å². The van der Waals surface area contributed by atoms with E-state index in [9.17, 15) is 8.42 Å². The molecule has 2 N–H and O–H groups in total. The van der Waals surface area contributed by atoms with Crippen molar-refractivity contribution in [1.82, 2.24) is 14.3 Å². The Morgan fingerprint density at radius 2 is 2.16 bits per heavy atom. The minimum atomic E-state index is -3.38. The van der Waals surface area contributed by atoms with Gasteiger partial charge in [0, 0.05) is 26.2 Å². The van der Waals surface area contributed by atoms with Crippen molar-refractivity contribution in [2.75, 3.05) is 20.1 Å². The topological polar surface area (TPSA) is 61.4 Å². The fourth-order valence-corrected chi connectivity index (χ4v) is 3.10. The zero-order chi connectivity index (χ0) is 14.3.